The van der Waals surface area contributed by atoms with E-state index in [-0.39, 0.29) is 5.41 Å². The fourth-order valence-corrected chi connectivity index (χ4v) is 3.99. The summed E-state index contributed by atoms with van der Waals surface area (Å²) in [5.41, 5.74) is 5.69. The molecule has 2 aromatic rings. The van der Waals surface area contributed by atoms with Crippen LogP contribution in [0.5, 0.6) is 0 Å². The standard InChI is InChI=1S/C19H22BrN/c1-13-10-14(20)12-15(11-13)21-18-8-9-19(2,3)17-7-5-4-6-16(17)18/h4-7,10-12,18,21H,8-9H2,1-3H3. The molecule has 1 N–H and O–H groups in total. The van der Waals surface area contributed by atoms with E-state index >= 15 is 0 Å². The van der Waals surface area contributed by atoms with Crippen LogP contribution in [-0.2, 0) is 5.41 Å². The monoisotopic (exact) mass is 343 g/mol. The summed E-state index contributed by atoms with van der Waals surface area (Å²) in [6.45, 7) is 6.84. The van der Waals surface area contributed by atoms with Gasteiger partial charge in [0.05, 0.1) is 6.04 Å². The Balaban J connectivity index is 1.93. The topological polar surface area (TPSA) is 12.0 Å². The van der Waals surface area contributed by atoms with Crippen LogP contribution in [0, 0.1) is 6.92 Å². The Morgan fingerprint density at radius 3 is 2.67 bits per heavy atom. The molecule has 2 aromatic carbocycles. The predicted octanol–water partition coefficient (Wildman–Crippen LogP) is 5.98. The molecule has 0 heterocycles. The number of benzene rings is 2. The van der Waals surface area contributed by atoms with Crippen molar-refractivity contribution in [2.24, 2.45) is 0 Å². The average Bonchev–Trinajstić information content (AvgIpc) is 2.41. The number of aryl methyl sites for hydroxylation is 1. The second-order valence-electron chi connectivity index (χ2n) is 6.72. The van der Waals surface area contributed by atoms with Crippen molar-refractivity contribution in [2.45, 2.75) is 45.1 Å². The summed E-state index contributed by atoms with van der Waals surface area (Å²) in [5, 5.41) is 3.73. The van der Waals surface area contributed by atoms with Gasteiger partial charge in [0.25, 0.3) is 0 Å². The molecule has 0 bridgehead atoms. The minimum Gasteiger partial charge on any atom is -0.378 e. The molecule has 0 amide bonds. The SMILES string of the molecule is Cc1cc(Br)cc(NC2CCC(C)(C)c3ccccc32)c1. The fraction of sp³-hybridized carbons (Fsp3) is 0.368. The number of fused-ring (bicyclic) bond motifs is 1. The van der Waals surface area contributed by atoms with E-state index in [2.05, 4.69) is 84.5 Å². The molecule has 21 heavy (non-hydrogen) atoms. The lowest BCUT2D eigenvalue weighted by molar-refractivity contribution is 0.406. The quantitative estimate of drug-likeness (QED) is 0.706. The largest absolute Gasteiger partial charge is 0.378 e. The third kappa shape index (κ3) is 3.01. The highest BCUT2D eigenvalue weighted by atomic mass is 79.9. The highest BCUT2D eigenvalue weighted by Crippen LogP contribution is 2.42. The first-order chi connectivity index (χ1) is 9.95. The Morgan fingerprint density at radius 1 is 1.14 bits per heavy atom. The summed E-state index contributed by atoms with van der Waals surface area (Å²) in [6, 6.07) is 15.8. The van der Waals surface area contributed by atoms with E-state index in [1.165, 1.54) is 35.2 Å². The second-order valence-corrected chi connectivity index (χ2v) is 7.64. The van der Waals surface area contributed by atoms with Crippen molar-refractivity contribution in [1.82, 2.24) is 0 Å². The zero-order valence-electron chi connectivity index (χ0n) is 12.9. The van der Waals surface area contributed by atoms with Gasteiger partial charge in [0, 0.05) is 10.2 Å². The third-order valence-corrected chi connectivity index (χ3v) is 4.96. The van der Waals surface area contributed by atoms with Gasteiger partial charge in [-0.1, -0.05) is 54.0 Å². The van der Waals surface area contributed by atoms with Gasteiger partial charge in [-0.05, 0) is 60.1 Å². The number of hydrogen-bond acceptors (Lipinski definition) is 1. The maximum atomic E-state index is 3.73. The Hall–Kier alpha value is -1.28. The molecule has 1 aliphatic carbocycles. The van der Waals surface area contributed by atoms with Crippen LogP contribution in [0.25, 0.3) is 0 Å². The molecular weight excluding hydrogens is 322 g/mol. The normalized spacial score (nSPS) is 19.9. The Bertz CT molecular complexity index is 640. The Morgan fingerprint density at radius 2 is 1.90 bits per heavy atom. The molecule has 1 atom stereocenters. The van der Waals surface area contributed by atoms with Crippen molar-refractivity contribution in [1.29, 1.82) is 0 Å². The summed E-state index contributed by atoms with van der Waals surface area (Å²) in [6.07, 6.45) is 2.39. The minimum absolute atomic E-state index is 0.280. The van der Waals surface area contributed by atoms with Crippen molar-refractivity contribution in [3.05, 3.63) is 63.6 Å². The van der Waals surface area contributed by atoms with Crippen LogP contribution in [0.3, 0.4) is 0 Å². The molecule has 3 rings (SSSR count). The predicted molar refractivity (Wildman–Crippen MR) is 93.9 cm³/mol. The van der Waals surface area contributed by atoms with E-state index in [1.54, 1.807) is 0 Å². The zero-order chi connectivity index (χ0) is 15.0. The minimum atomic E-state index is 0.280. The first-order valence-corrected chi connectivity index (χ1v) is 8.38. The van der Waals surface area contributed by atoms with Gasteiger partial charge >= 0.3 is 0 Å². The highest BCUT2D eigenvalue weighted by molar-refractivity contribution is 9.10. The first-order valence-electron chi connectivity index (χ1n) is 7.59. The number of rotatable bonds is 2. The van der Waals surface area contributed by atoms with Gasteiger partial charge in [-0.25, -0.2) is 0 Å². The zero-order valence-corrected chi connectivity index (χ0v) is 14.5. The molecule has 0 fully saturated rings. The molecule has 1 unspecified atom stereocenters. The number of halogens is 1. The van der Waals surface area contributed by atoms with Crippen molar-refractivity contribution >= 4 is 21.6 Å². The summed E-state index contributed by atoms with van der Waals surface area (Å²) in [7, 11) is 0. The number of anilines is 1. The van der Waals surface area contributed by atoms with Crippen LogP contribution in [0.2, 0.25) is 0 Å². The molecule has 0 spiro atoms. The molecule has 110 valence electrons. The van der Waals surface area contributed by atoms with E-state index in [4.69, 9.17) is 0 Å². The lowest BCUT2D eigenvalue weighted by Crippen LogP contribution is -2.29. The van der Waals surface area contributed by atoms with Gasteiger partial charge in [-0.3, -0.25) is 0 Å². The van der Waals surface area contributed by atoms with Crippen LogP contribution in [0.1, 0.15) is 49.4 Å². The smallest absolute Gasteiger partial charge is 0.0517 e. The van der Waals surface area contributed by atoms with Crippen molar-refractivity contribution < 1.29 is 0 Å². The van der Waals surface area contributed by atoms with Crippen LogP contribution in [-0.4, -0.2) is 0 Å². The van der Waals surface area contributed by atoms with E-state index < -0.39 is 0 Å². The molecule has 0 radical (unpaired) electrons. The second kappa shape index (κ2) is 5.49. The lowest BCUT2D eigenvalue weighted by Gasteiger charge is -2.37. The molecule has 0 saturated heterocycles. The molecule has 0 aliphatic heterocycles. The highest BCUT2D eigenvalue weighted by Gasteiger charge is 2.32. The fourth-order valence-electron chi connectivity index (χ4n) is 3.38. The third-order valence-electron chi connectivity index (χ3n) is 4.51. The molecule has 1 aliphatic rings. The summed E-state index contributed by atoms with van der Waals surface area (Å²) in [4.78, 5) is 0. The van der Waals surface area contributed by atoms with Gasteiger partial charge < -0.3 is 5.32 Å². The number of hydrogen-bond donors (Lipinski definition) is 1. The molecular formula is C19H22BrN. The average molecular weight is 344 g/mol. The van der Waals surface area contributed by atoms with Gasteiger partial charge in [0.1, 0.15) is 0 Å². The van der Waals surface area contributed by atoms with E-state index in [9.17, 15) is 0 Å². The van der Waals surface area contributed by atoms with Crippen molar-refractivity contribution in [3.8, 4) is 0 Å². The molecule has 0 saturated carbocycles. The van der Waals surface area contributed by atoms with Crippen LogP contribution in [0.4, 0.5) is 5.69 Å². The van der Waals surface area contributed by atoms with E-state index in [1.807, 2.05) is 0 Å². The van der Waals surface area contributed by atoms with Gasteiger partial charge in [0.2, 0.25) is 0 Å². The van der Waals surface area contributed by atoms with Crippen molar-refractivity contribution in [2.75, 3.05) is 5.32 Å². The molecule has 1 nitrogen and oxygen atoms in total. The lowest BCUT2D eigenvalue weighted by atomic mass is 9.71. The van der Waals surface area contributed by atoms with Crippen LogP contribution < -0.4 is 5.32 Å². The maximum Gasteiger partial charge on any atom is 0.0517 e. The van der Waals surface area contributed by atoms with Gasteiger partial charge in [-0.15, -0.1) is 0 Å². The van der Waals surface area contributed by atoms with Crippen molar-refractivity contribution in [3.63, 3.8) is 0 Å². The van der Waals surface area contributed by atoms with E-state index in [0.717, 1.165) is 4.47 Å². The Labute approximate surface area is 135 Å². The summed E-state index contributed by atoms with van der Waals surface area (Å²) >= 11 is 3.59. The first kappa shape index (κ1) is 14.6. The van der Waals surface area contributed by atoms with Crippen LogP contribution in [0.15, 0.2) is 46.9 Å². The van der Waals surface area contributed by atoms with Crippen LogP contribution >= 0.6 is 15.9 Å². The van der Waals surface area contributed by atoms with E-state index in [0.29, 0.717) is 6.04 Å². The maximum absolute atomic E-state index is 3.73. The Kier molecular flexibility index (Phi) is 3.83. The van der Waals surface area contributed by atoms with Gasteiger partial charge in [-0.2, -0.15) is 0 Å². The number of nitrogens with one attached hydrogen (secondary N) is 1. The van der Waals surface area contributed by atoms with Gasteiger partial charge in [0.15, 0.2) is 0 Å². The molecule has 0 aromatic heterocycles. The summed E-state index contributed by atoms with van der Waals surface area (Å²) in [5.74, 6) is 0. The summed E-state index contributed by atoms with van der Waals surface area (Å²) < 4.78 is 1.13. The molecule has 2 heteroatoms.